The van der Waals surface area contributed by atoms with Crippen LogP contribution in [-0.4, -0.2) is 47.2 Å². The van der Waals surface area contributed by atoms with Crippen molar-refractivity contribution in [3.63, 3.8) is 0 Å². The van der Waals surface area contributed by atoms with Crippen molar-refractivity contribution in [2.75, 3.05) is 19.5 Å². The van der Waals surface area contributed by atoms with Gasteiger partial charge in [-0.15, -0.1) is 0 Å². The van der Waals surface area contributed by atoms with Crippen molar-refractivity contribution < 1.29 is 29.6 Å². The Morgan fingerprint density at radius 1 is 1.12 bits per heavy atom. The summed E-state index contributed by atoms with van der Waals surface area (Å²) < 4.78 is 10.7. The molecule has 7 nitrogen and oxygen atoms in total. The van der Waals surface area contributed by atoms with Gasteiger partial charge in [-0.05, 0) is 63.3 Å². The van der Waals surface area contributed by atoms with Crippen LogP contribution in [0.5, 0.6) is 11.5 Å². The van der Waals surface area contributed by atoms with Gasteiger partial charge < -0.3 is 30.1 Å². The number of fused-ring (bicyclic) bond motifs is 1. The number of rotatable bonds is 5. The lowest BCUT2D eigenvalue weighted by Crippen LogP contribution is -2.52. The topological polar surface area (TPSA) is 108 Å². The van der Waals surface area contributed by atoms with Gasteiger partial charge in [0.1, 0.15) is 11.5 Å². The summed E-state index contributed by atoms with van der Waals surface area (Å²) in [7, 11) is 2.89. The lowest BCUT2D eigenvalue weighted by Gasteiger charge is -2.42. The van der Waals surface area contributed by atoms with Crippen molar-refractivity contribution >= 4 is 11.6 Å². The van der Waals surface area contributed by atoms with E-state index in [-0.39, 0.29) is 23.1 Å². The van der Waals surface area contributed by atoms with Crippen molar-refractivity contribution in [2.24, 2.45) is 5.92 Å². The number of carbonyl (C=O) groups excluding carboxylic acids is 1. The summed E-state index contributed by atoms with van der Waals surface area (Å²) in [6.07, 6.45) is 2.43. The van der Waals surface area contributed by atoms with Crippen molar-refractivity contribution in [2.45, 2.75) is 56.8 Å². The maximum atomic E-state index is 12.9. The fourth-order valence-electron chi connectivity index (χ4n) is 5.47. The molecule has 34 heavy (non-hydrogen) atoms. The normalized spacial score (nSPS) is 27.0. The molecule has 0 unspecified atom stereocenters. The van der Waals surface area contributed by atoms with E-state index in [1.807, 2.05) is 6.92 Å². The number of phenols is 1. The highest BCUT2D eigenvalue weighted by atomic mass is 16.5. The molecule has 1 aliphatic carbocycles. The summed E-state index contributed by atoms with van der Waals surface area (Å²) in [6, 6.07) is 10.1. The van der Waals surface area contributed by atoms with Gasteiger partial charge in [0.2, 0.25) is 0 Å². The minimum absolute atomic E-state index is 0.122. The van der Waals surface area contributed by atoms with E-state index in [9.17, 15) is 20.1 Å². The van der Waals surface area contributed by atoms with E-state index in [4.69, 9.17) is 9.47 Å². The molecule has 2 aromatic rings. The first-order chi connectivity index (χ1) is 16.0. The lowest BCUT2D eigenvalue weighted by atomic mass is 9.68. The van der Waals surface area contributed by atoms with Crippen molar-refractivity contribution in [1.29, 1.82) is 0 Å². The van der Waals surface area contributed by atoms with Crippen LogP contribution in [0.15, 0.2) is 48.0 Å². The maximum absolute atomic E-state index is 12.9. The minimum Gasteiger partial charge on any atom is -0.507 e. The molecule has 1 heterocycles. The Morgan fingerprint density at radius 3 is 2.38 bits per heavy atom. The third-order valence-corrected chi connectivity index (χ3v) is 7.25. The van der Waals surface area contributed by atoms with E-state index in [0.29, 0.717) is 22.6 Å². The van der Waals surface area contributed by atoms with E-state index in [1.165, 1.54) is 12.7 Å². The molecule has 0 aromatic heterocycles. The van der Waals surface area contributed by atoms with E-state index in [1.54, 1.807) is 57.4 Å². The summed E-state index contributed by atoms with van der Waals surface area (Å²) in [5, 5.41) is 37.4. The molecule has 4 atom stereocenters. The number of carbonyl (C=O) groups is 1. The van der Waals surface area contributed by atoms with Gasteiger partial charge in [-0.25, -0.2) is 0 Å². The maximum Gasteiger partial charge on any atom is 0.257 e. The molecule has 4 N–H and O–H groups in total. The number of hydrogen-bond donors (Lipinski definition) is 4. The Morgan fingerprint density at radius 2 is 1.79 bits per heavy atom. The van der Waals surface area contributed by atoms with Crippen LogP contribution in [-0.2, 0) is 15.1 Å². The third-order valence-electron chi connectivity index (χ3n) is 7.25. The molecule has 4 rings (SSSR count). The average Bonchev–Trinajstić information content (AvgIpc) is 2.78. The summed E-state index contributed by atoms with van der Waals surface area (Å²) in [6.45, 7) is 5.60. The second-order valence-electron chi connectivity index (χ2n) is 9.86. The van der Waals surface area contributed by atoms with E-state index in [2.05, 4.69) is 11.4 Å². The molecule has 7 heteroatoms. The predicted molar refractivity (Wildman–Crippen MR) is 129 cm³/mol. The second kappa shape index (κ2) is 8.73. The Labute approximate surface area is 200 Å². The van der Waals surface area contributed by atoms with Crippen molar-refractivity contribution in [3.05, 3.63) is 64.7 Å². The van der Waals surface area contributed by atoms with Gasteiger partial charge in [0, 0.05) is 18.6 Å². The van der Waals surface area contributed by atoms with Gasteiger partial charge in [-0.2, -0.15) is 0 Å². The third kappa shape index (κ3) is 3.87. The first-order valence-electron chi connectivity index (χ1n) is 11.5. The Kier molecular flexibility index (Phi) is 6.23. The van der Waals surface area contributed by atoms with Crippen LogP contribution in [0, 0.1) is 5.92 Å². The first kappa shape index (κ1) is 24.3. The van der Waals surface area contributed by atoms with Gasteiger partial charge in [0.15, 0.2) is 11.7 Å². The molecule has 0 saturated carbocycles. The van der Waals surface area contributed by atoms with Crippen molar-refractivity contribution in [1.82, 2.24) is 0 Å². The summed E-state index contributed by atoms with van der Waals surface area (Å²) in [5.74, 6) is -0.439. The van der Waals surface area contributed by atoms with E-state index >= 15 is 0 Å². The Balaban J connectivity index is 1.95. The number of benzene rings is 2. The molecular weight excluding hydrogens is 434 g/mol. The van der Waals surface area contributed by atoms with E-state index < -0.39 is 23.2 Å². The number of hydrogen-bond acceptors (Lipinski definition) is 6. The number of aromatic hydroxyl groups is 1. The SMILES string of the molecule is COc1ccc([C@]2(O)c3c(ccc([C@H]4C=C(C)CC[C@H]4C(C)(C)O)c3O)NC(=O)[C@H]2OC)cc1. The standard InChI is InChI=1S/C27H33NO6/c1-15-6-12-20(26(2,3)31)19(14-15)18-11-13-21-22(23(18)29)27(32,24(34-5)25(30)28-21)16-7-9-17(33-4)10-8-16/h7-11,13-14,19-20,24,29,31-32H,6,12H2,1-5H3,(H,28,30)/t19-,20-,24-,27+/m1/s1. The summed E-state index contributed by atoms with van der Waals surface area (Å²) >= 11 is 0. The van der Waals surface area contributed by atoms with E-state index in [0.717, 1.165) is 12.8 Å². The summed E-state index contributed by atoms with van der Waals surface area (Å²) in [5.41, 5.74) is -0.282. The first-order valence-corrected chi connectivity index (χ1v) is 11.5. The van der Waals surface area contributed by atoms with Crippen LogP contribution in [0.1, 0.15) is 56.2 Å². The highest BCUT2D eigenvalue weighted by Crippen LogP contribution is 2.52. The van der Waals surface area contributed by atoms with Crippen LogP contribution in [0.4, 0.5) is 5.69 Å². The van der Waals surface area contributed by atoms with Gasteiger partial charge in [-0.1, -0.05) is 29.8 Å². The number of ether oxygens (including phenoxy) is 2. The molecule has 0 radical (unpaired) electrons. The molecule has 1 aliphatic heterocycles. The van der Waals surface area contributed by atoms with Crippen LogP contribution < -0.4 is 10.1 Å². The Hall–Kier alpha value is -2.87. The number of allylic oxidation sites excluding steroid dienone is 2. The molecule has 0 bridgehead atoms. The number of nitrogens with one attached hydrogen (secondary N) is 1. The number of phenolic OH excluding ortho intramolecular Hbond substituents is 1. The van der Waals surface area contributed by atoms with Crippen LogP contribution in [0.2, 0.25) is 0 Å². The molecule has 182 valence electrons. The second-order valence-corrected chi connectivity index (χ2v) is 9.86. The minimum atomic E-state index is -1.95. The number of methoxy groups -OCH3 is 2. The van der Waals surface area contributed by atoms with Crippen LogP contribution in [0.25, 0.3) is 0 Å². The lowest BCUT2D eigenvalue weighted by molar-refractivity contribution is -0.142. The predicted octanol–water partition coefficient (Wildman–Crippen LogP) is 3.81. The number of amides is 1. The number of aliphatic hydroxyl groups is 2. The molecule has 2 aromatic carbocycles. The largest absolute Gasteiger partial charge is 0.507 e. The zero-order valence-corrected chi connectivity index (χ0v) is 20.3. The fraction of sp³-hybridized carbons (Fsp3) is 0.444. The smallest absolute Gasteiger partial charge is 0.257 e. The molecule has 1 amide bonds. The average molecular weight is 468 g/mol. The Bertz CT molecular complexity index is 1120. The zero-order valence-electron chi connectivity index (χ0n) is 20.3. The van der Waals surface area contributed by atoms with Crippen molar-refractivity contribution in [3.8, 4) is 11.5 Å². The van der Waals surface area contributed by atoms with Crippen LogP contribution in [0.3, 0.4) is 0 Å². The van der Waals surface area contributed by atoms with Gasteiger partial charge in [-0.3, -0.25) is 4.79 Å². The van der Waals surface area contributed by atoms with Gasteiger partial charge in [0.25, 0.3) is 5.91 Å². The van der Waals surface area contributed by atoms with Gasteiger partial charge in [0.05, 0.1) is 24.0 Å². The quantitative estimate of drug-likeness (QED) is 0.498. The highest BCUT2D eigenvalue weighted by molar-refractivity contribution is 6.00. The van der Waals surface area contributed by atoms with Gasteiger partial charge >= 0.3 is 0 Å². The monoisotopic (exact) mass is 467 g/mol. The molecule has 0 saturated heterocycles. The van der Waals surface area contributed by atoms with Crippen LogP contribution >= 0.6 is 0 Å². The molecular formula is C27H33NO6. The fourth-order valence-corrected chi connectivity index (χ4v) is 5.47. The molecule has 2 aliphatic rings. The highest BCUT2D eigenvalue weighted by Gasteiger charge is 2.52. The molecule has 0 spiro atoms. The summed E-state index contributed by atoms with van der Waals surface area (Å²) in [4.78, 5) is 12.9. The number of anilines is 1. The molecule has 0 fully saturated rings. The zero-order chi connectivity index (χ0) is 24.8.